The Morgan fingerprint density at radius 1 is 1.03 bits per heavy atom. The second-order valence-corrected chi connectivity index (χ2v) is 15.9. The maximum absolute atomic E-state index is 16.0. The molecule has 0 aliphatic carbocycles. The van der Waals surface area contributed by atoms with Crippen LogP contribution in [0.4, 0.5) is 8.78 Å². The van der Waals surface area contributed by atoms with Gasteiger partial charge >= 0.3 is 0 Å². The van der Waals surface area contributed by atoms with Crippen molar-refractivity contribution in [2.45, 2.75) is 51.7 Å². The van der Waals surface area contributed by atoms with Crippen LogP contribution >= 0.6 is 0 Å². The van der Waals surface area contributed by atoms with Crippen LogP contribution in [0.5, 0.6) is 5.75 Å². The van der Waals surface area contributed by atoms with Crippen LogP contribution in [0.1, 0.15) is 43.5 Å². The Balaban J connectivity index is 1.66. The number of furan rings is 1. The molecule has 1 N–H and O–H groups in total. The van der Waals surface area contributed by atoms with Gasteiger partial charge in [0.1, 0.15) is 23.0 Å². The number of hydrogen-bond donors (Lipinski definition) is 1. The summed E-state index contributed by atoms with van der Waals surface area (Å²) < 4.78 is 43.6. The molecule has 5 rings (SSSR count). The summed E-state index contributed by atoms with van der Waals surface area (Å²) in [5.41, 5.74) is 1.32. The van der Waals surface area contributed by atoms with E-state index in [-0.39, 0.29) is 40.7 Å². The zero-order valence-electron chi connectivity index (χ0n) is 22.6. The number of aromatic amines is 1. The van der Waals surface area contributed by atoms with Gasteiger partial charge in [0, 0.05) is 18.2 Å². The molecule has 0 radical (unpaired) electrons. The molecule has 6 nitrogen and oxygen atoms in total. The number of nitrogens with one attached hydrogen (secondary N) is 1. The van der Waals surface area contributed by atoms with Crippen LogP contribution in [0.3, 0.4) is 0 Å². The predicted octanol–water partition coefficient (Wildman–Crippen LogP) is 7.10. The highest BCUT2D eigenvalue weighted by molar-refractivity contribution is 6.74. The fraction of sp³-hybridized carbons (Fsp3) is 0.267. The van der Waals surface area contributed by atoms with Crippen molar-refractivity contribution in [2.75, 3.05) is 0 Å². The third-order valence-corrected chi connectivity index (χ3v) is 11.8. The lowest BCUT2D eigenvalue weighted by Gasteiger charge is -2.36. The summed E-state index contributed by atoms with van der Waals surface area (Å²) in [6.07, 6.45) is 3.44. The number of nitrogens with zero attached hydrogens (tertiary/aromatic N) is 2. The summed E-state index contributed by atoms with van der Waals surface area (Å²) in [4.78, 5) is 21.5. The minimum atomic E-state index is -2.33. The first kappa shape index (κ1) is 26.6. The number of H-pyrrole nitrogens is 1. The highest BCUT2D eigenvalue weighted by atomic mass is 28.4. The molecule has 2 aliphatic rings. The Morgan fingerprint density at radius 3 is 2.49 bits per heavy atom. The molecule has 202 valence electrons. The van der Waals surface area contributed by atoms with E-state index in [0.717, 1.165) is 0 Å². The summed E-state index contributed by atoms with van der Waals surface area (Å²) in [6, 6.07) is 14.9. The lowest BCUT2D eigenvalue weighted by atomic mass is 10.1. The van der Waals surface area contributed by atoms with Gasteiger partial charge in [-0.2, -0.15) is 0 Å². The Morgan fingerprint density at radius 2 is 1.79 bits per heavy atom. The molecule has 0 atom stereocenters. The molecule has 2 aromatic carbocycles. The van der Waals surface area contributed by atoms with Crippen LogP contribution in [-0.2, 0) is 12.8 Å². The molecule has 0 fully saturated rings. The highest BCUT2D eigenvalue weighted by Crippen LogP contribution is 2.39. The molecule has 0 amide bonds. The van der Waals surface area contributed by atoms with Gasteiger partial charge in [-0.25, -0.2) is 13.8 Å². The van der Waals surface area contributed by atoms with Crippen LogP contribution in [0, 0.1) is 11.6 Å². The number of halogens is 2. The van der Waals surface area contributed by atoms with Gasteiger partial charge in [0.15, 0.2) is 11.6 Å². The van der Waals surface area contributed by atoms with Gasteiger partial charge in [0.2, 0.25) is 0 Å². The number of fused-ring (bicyclic) bond motifs is 1. The molecule has 3 aromatic rings. The van der Waals surface area contributed by atoms with Gasteiger partial charge < -0.3 is 13.8 Å². The smallest absolute Gasteiger partial charge is 0.279 e. The van der Waals surface area contributed by atoms with Gasteiger partial charge in [-0.3, -0.25) is 9.36 Å². The molecule has 3 heterocycles. The van der Waals surface area contributed by atoms with Gasteiger partial charge in [-0.15, -0.1) is 0 Å². The summed E-state index contributed by atoms with van der Waals surface area (Å²) in [6.45, 7) is 10.4. The van der Waals surface area contributed by atoms with E-state index in [1.54, 1.807) is 54.7 Å². The van der Waals surface area contributed by atoms with E-state index >= 15 is 4.39 Å². The van der Waals surface area contributed by atoms with Gasteiger partial charge in [0.05, 0.1) is 24.1 Å². The molecular weight excluding hydrogens is 516 g/mol. The van der Waals surface area contributed by atoms with Crippen LogP contribution in [0.15, 0.2) is 76.3 Å². The highest BCUT2D eigenvalue weighted by Gasteiger charge is 2.39. The predicted molar refractivity (Wildman–Crippen MR) is 149 cm³/mol. The van der Waals surface area contributed by atoms with Crippen molar-refractivity contribution in [2.24, 2.45) is 0 Å². The van der Waals surface area contributed by atoms with Crippen molar-refractivity contribution >= 4 is 8.32 Å². The lowest BCUT2D eigenvalue weighted by Crippen LogP contribution is -2.44. The van der Waals surface area contributed by atoms with Crippen LogP contribution < -0.4 is 9.99 Å². The molecule has 1 aromatic heterocycles. The van der Waals surface area contributed by atoms with Gasteiger partial charge in [-0.1, -0.05) is 45.0 Å². The summed E-state index contributed by atoms with van der Waals surface area (Å²) in [5.74, 6) is 0.107. The van der Waals surface area contributed by atoms with E-state index in [0.29, 0.717) is 28.5 Å². The molecule has 9 heteroatoms. The molecule has 0 bridgehead atoms. The first-order chi connectivity index (χ1) is 18.5. The minimum absolute atomic E-state index is 0.127. The van der Waals surface area contributed by atoms with Crippen molar-refractivity contribution in [1.82, 2.24) is 14.5 Å². The Kier molecular flexibility index (Phi) is 6.80. The molecule has 0 saturated heterocycles. The zero-order valence-corrected chi connectivity index (χ0v) is 23.6. The third kappa shape index (κ3) is 5.06. The van der Waals surface area contributed by atoms with Crippen molar-refractivity contribution < 1.29 is 17.6 Å². The number of imidazole rings is 1. The average Bonchev–Trinajstić information content (AvgIpc) is 3.50. The van der Waals surface area contributed by atoms with E-state index in [1.807, 2.05) is 0 Å². The normalized spacial score (nSPS) is 12.3. The Bertz CT molecular complexity index is 1650. The largest absolute Gasteiger partial charge is 0.542 e. The number of rotatable bonds is 7. The molecule has 0 saturated carbocycles. The zero-order chi connectivity index (χ0) is 27.9. The minimum Gasteiger partial charge on any atom is -0.542 e. The Hall–Kier alpha value is -3.98. The van der Waals surface area contributed by atoms with E-state index in [9.17, 15) is 9.18 Å². The molecule has 0 unspecified atom stereocenters. The Labute approximate surface area is 226 Å². The number of benzene rings is 2. The first-order valence-corrected chi connectivity index (χ1v) is 15.7. The maximum Gasteiger partial charge on any atom is 0.279 e. The summed E-state index contributed by atoms with van der Waals surface area (Å²) >= 11 is 0. The first-order valence-electron chi connectivity index (χ1n) is 12.8. The number of hydrogen-bond acceptors (Lipinski definition) is 4. The quantitative estimate of drug-likeness (QED) is 0.221. The molecular formula is C30H31F2N3O3Si. The molecule has 39 heavy (non-hydrogen) atoms. The van der Waals surface area contributed by atoms with Crippen molar-refractivity contribution in [1.29, 1.82) is 0 Å². The number of aromatic nitrogens is 3. The maximum atomic E-state index is 16.0. The lowest BCUT2D eigenvalue weighted by molar-refractivity contribution is 0.458. The van der Waals surface area contributed by atoms with Gasteiger partial charge in [0.25, 0.3) is 13.9 Å². The SMILES string of the molecule is CC(C)(C)[Si](C)(C)Oc1cccc(-c2c[nH]c(Cc3ccccc3F)c3nc(Cc4ccco4)c(=O)n2-3)c1F. The van der Waals surface area contributed by atoms with Crippen LogP contribution in [0.2, 0.25) is 18.1 Å². The van der Waals surface area contributed by atoms with Crippen molar-refractivity contribution in [3.8, 4) is 22.8 Å². The van der Waals surface area contributed by atoms with E-state index in [1.165, 1.54) is 16.9 Å². The van der Waals surface area contributed by atoms with Crippen molar-refractivity contribution in [3.63, 3.8) is 0 Å². The fourth-order valence-corrected chi connectivity index (χ4v) is 5.24. The van der Waals surface area contributed by atoms with Gasteiger partial charge in [-0.05, 0) is 54.0 Å². The standard InChI is InChI=1S/C30H31F2N3O3Si/c1-30(2,3)39(4,5)38-26-14-8-12-21(27(26)32)25-18-33-23(16-19-10-6-7-13-22(19)31)28-34-24(29(36)35(25)28)17-20-11-9-15-37-20/h6-15,18,33H,16-17H2,1-5H3. The van der Waals surface area contributed by atoms with Crippen LogP contribution in [0.25, 0.3) is 17.1 Å². The average molecular weight is 548 g/mol. The monoisotopic (exact) mass is 547 g/mol. The third-order valence-electron chi connectivity index (χ3n) is 7.45. The van der Waals surface area contributed by atoms with E-state index in [2.05, 4.69) is 43.8 Å². The molecule has 0 spiro atoms. The van der Waals surface area contributed by atoms with Crippen molar-refractivity contribution in [3.05, 3.63) is 112 Å². The summed E-state index contributed by atoms with van der Waals surface area (Å²) in [7, 11) is -2.33. The van der Waals surface area contributed by atoms with Crippen LogP contribution in [-0.4, -0.2) is 22.9 Å². The van der Waals surface area contributed by atoms with E-state index in [4.69, 9.17) is 8.84 Å². The topological polar surface area (TPSA) is 73.1 Å². The second-order valence-electron chi connectivity index (χ2n) is 11.2. The fourth-order valence-electron chi connectivity index (χ4n) is 4.23. The second kappa shape index (κ2) is 9.96. The molecule has 2 aliphatic heterocycles. The van der Waals surface area contributed by atoms with E-state index < -0.39 is 19.7 Å². The summed E-state index contributed by atoms with van der Waals surface area (Å²) in [5, 5.41) is -0.127.